The van der Waals surface area contributed by atoms with Crippen LogP contribution in [0, 0.1) is 5.92 Å². The zero-order valence-corrected chi connectivity index (χ0v) is 16.6. The van der Waals surface area contributed by atoms with Gasteiger partial charge in [-0.15, -0.1) is 0 Å². The van der Waals surface area contributed by atoms with E-state index in [2.05, 4.69) is 44.1 Å². The molecule has 1 saturated heterocycles. The molecule has 0 bridgehead atoms. The van der Waals surface area contributed by atoms with Gasteiger partial charge in [-0.3, -0.25) is 0 Å². The molecule has 4 N–H and O–H groups in total. The van der Waals surface area contributed by atoms with Gasteiger partial charge in [0.25, 0.3) is 0 Å². The summed E-state index contributed by atoms with van der Waals surface area (Å²) in [5, 5.41) is 27.1. The molecule has 0 radical (unpaired) electrons. The smallest absolute Gasteiger partial charge is 0.130 e. The molecule has 148 valence electrons. The van der Waals surface area contributed by atoms with E-state index in [1.165, 1.54) is 5.06 Å². The second-order valence-electron chi connectivity index (χ2n) is 9.29. The minimum Gasteiger partial charge on any atom is -0.487 e. The summed E-state index contributed by atoms with van der Waals surface area (Å²) in [5.41, 5.74) is 1.73. The van der Waals surface area contributed by atoms with Gasteiger partial charge < -0.3 is 25.4 Å². The number of aliphatic hydroxyl groups excluding tert-OH is 1. The molecule has 0 spiro atoms. The van der Waals surface area contributed by atoms with Gasteiger partial charge in [0.15, 0.2) is 0 Å². The third-order valence-corrected chi connectivity index (χ3v) is 6.47. The predicted molar refractivity (Wildman–Crippen MR) is 105 cm³/mol. The Kier molecular flexibility index (Phi) is 4.50. The Morgan fingerprint density at radius 3 is 2.81 bits per heavy atom. The Balaban J connectivity index is 1.32. The molecule has 0 saturated carbocycles. The van der Waals surface area contributed by atoms with E-state index in [9.17, 15) is 10.3 Å². The van der Waals surface area contributed by atoms with Crippen LogP contribution in [0.2, 0.25) is 0 Å². The fourth-order valence-corrected chi connectivity index (χ4v) is 4.78. The van der Waals surface area contributed by atoms with Crippen molar-refractivity contribution < 1.29 is 15.1 Å². The highest BCUT2D eigenvalue weighted by Gasteiger charge is 2.50. The fraction of sp³-hybridized carbons (Fsp3) is 0.619. The average Bonchev–Trinajstić information content (AvgIpc) is 3.26. The molecular weight excluding hydrogens is 342 g/mol. The number of hydrogen-bond acceptors (Lipinski definition) is 5. The summed E-state index contributed by atoms with van der Waals surface area (Å²) < 4.78 is 6.01. The second-order valence-corrected chi connectivity index (χ2v) is 9.29. The Morgan fingerprint density at radius 1 is 1.33 bits per heavy atom. The summed E-state index contributed by atoms with van der Waals surface area (Å²) in [4.78, 5) is 3.22. The number of aromatic nitrogens is 1. The minimum absolute atomic E-state index is 0.221. The SMILES string of the molecule is CC1(C)CC(CNCC(O)C2Cc3cc4[nH]ccc4cc3O2)C(C)(C)N1O. The van der Waals surface area contributed by atoms with Crippen molar-refractivity contribution in [1.29, 1.82) is 0 Å². The summed E-state index contributed by atoms with van der Waals surface area (Å²) in [6.45, 7) is 9.51. The molecule has 3 heterocycles. The minimum atomic E-state index is -0.571. The van der Waals surface area contributed by atoms with Gasteiger partial charge in [-0.1, -0.05) is 0 Å². The topological polar surface area (TPSA) is 80.8 Å². The van der Waals surface area contributed by atoms with Crippen LogP contribution in [0.5, 0.6) is 5.75 Å². The van der Waals surface area contributed by atoms with E-state index in [1.54, 1.807) is 0 Å². The van der Waals surface area contributed by atoms with Crippen molar-refractivity contribution in [3.05, 3.63) is 30.0 Å². The normalized spacial score (nSPS) is 27.6. The third-order valence-electron chi connectivity index (χ3n) is 6.47. The van der Waals surface area contributed by atoms with Gasteiger partial charge in [-0.2, -0.15) is 5.06 Å². The van der Waals surface area contributed by atoms with Gasteiger partial charge in [0.1, 0.15) is 18.0 Å². The van der Waals surface area contributed by atoms with E-state index in [1.807, 2.05) is 18.3 Å². The van der Waals surface area contributed by atoms with Crippen LogP contribution in [-0.4, -0.2) is 56.7 Å². The maximum atomic E-state index is 10.6. The zero-order chi connectivity index (χ0) is 19.4. The lowest BCUT2D eigenvalue weighted by Crippen LogP contribution is -2.49. The van der Waals surface area contributed by atoms with Crippen molar-refractivity contribution in [2.45, 2.75) is 63.8 Å². The molecular formula is C21H31N3O3. The first-order valence-corrected chi connectivity index (χ1v) is 9.83. The maximum absolute atomic E-state index is 10.6. The van der Waals surface area contributed by atoms with E-state index in [-0.39, 0.29) is 17.2 Å². The highest BCUT2D eigenvalue weighted by molar-refractivity contribution is 5.82. The number of aromatic amines is 1. The Labute approximate surface area is 160 Å². The molecule has 6 heteroatoms. The number of hydrogen-bond donors (Lipinski definition) is 4. The largest absolute Gasteiger partial charge is 0.487 e. The standard InChI is InChI=1S/C21H31N3O3/c1-20(2)10-15(21(3,4)24(20)26)11-22-12-17(25)19-9-14-7-16-13(5-6-23-16)8-18(14)27-19/h5-8,15,17,19,22-23,25-26H,9-12H2,1-4H3. The molecule has 3 atom stereocenters. The Hall–Kier alpha value is -1.60. The number of nitrogens with zero attached hydrogens (tertiary/aromatic N) is 1. The fourth-order valence-electron chi connectivity index (χ4n) is 4.78. The quantitative estimate of drug-likeness (QED) is 0.648. The summed E-state index contributed by atoms with van der Waals surface area (Å²) in [6, 6.07) is 6.18. The van der Waals surface area contributed by atoms with Gasteiger partial charge in [0.2, 0.25) is 0 Å². The van der Waals surface area contributed by atoms with Gasteiger partial charge in [0, 0.05) is 46.7 Å². The first-order chi connectivity index (χ1) is 12.7. The molecule has 27 heavy (non-hydrogen) atoms. The second kappa shape index (κ2) is 6.48. The van der Waals surface area contributed by atoms with Crippen molar-refractivity contribution in [2.75, 3.05) is 13.1 Å². The van der Waals surface area contributed by atoms with E-state index < -0.39 is 6.10 Å². The number of hydroxylamine groups is 2. The molecule has 2 aliphatic rings. The lowest BCUT2D eigenvalue weighted by molar-refractivity contribution is -0.196. The number of benzene rings is 1. The van der Waals surface area contributed by atoms with Crippen LogP contribution in [-0.2, 0) is 6.42 Å². The van der Waals surface area contributed by atoms with Crippen LogP contribution >= 0.6 is 0 Å². The number of ether oxygens (including phenoxy) is 1. The number of nitrogens with one attached hydrogen (secondary N) is 2. The molecule has 0 amide bonds. The van der Waals surface area contributed by atoms with E-state index in [0.717, 1.165) is 41.6 Å². The van der Waals surface area contributed by atoms with E-state index in [4.69, 9.17) is 4.74 Å². The molecule has 6 nitrogen and oxygen atoms in total. The first-order valence-electron chi connectivity index (χ1n) is 9.83. The molecule has 1 fully saturated rings. The molecule has 1 aromatic carbocycles. The van der Waals surface area contributed by atoms with Crippen LogP contribution in [0.1, 0.15) is 39.7 Å². The molecule has 2 aliphatic heterocycles. The summed E-state index contributed by atoms with van der Waals surface area (Å²) in [5.74, 6) is 1.19. The maximum Gasteiger partial charge on any atom is 0.130 e. The highest BCUT2D eigenvalue weighted by atomic mass is 16.5. The number of fused-ring (bicyclic) bond motifs is 2. The molecule has 0 aliphatic carbocycles. The van der Waals surface area contributed by atoms with Crippen molar-refractivity contribution in [3.63, 3.8) is 0 Å². The molecule has 2 aromatic rings. The summed E-state index contributed by atoms with van der Waals surface area (Å²) in [7, 11) is 0. The van der Waals surface area contributed by atoms with Crippen molar-refractivity contribution in [1.82, 2.24) is 15.4 Å². The van der Waals surface area contributed by atoms with Crippen LogP contribution in [0.15, 0.2) is 24.4 Å². The van der Waals surface area contributed by atoms with Gasteiger partial charge in [-0.05, 0) is 64.8 Å². The van der Waals surface area contributed by atoms with Crippen LogP contribution in [0.4, 0.5) is 0 Å². The van der Waals surface area contributed by atoms with Crippen molar-refractivity contribution in [3.8, 4) is 5.75 Å². The van der Waals surface area contributed by atoms with E-state index in [0.29, 0.717) is 12.5 Å². The van der Waals surface area contributed by atoms with Gasteiger partial charge >= 0.3 is 0 Å². The van der Waals surface area contributed by atoms with Crippen molar-refractivity contribution in [2.24, 2.45) is 5.92 Å². The molecule has 4 rings (SSSR count). The van der Waals surface area contributed by atoms with Crippen LogP contribution < -0.4 is 10.1 Å². The van der Waals surface area contributed by atoms with Gasteiger partial charge in [-0.25, -0.2) is 0 Å². The Morgan fingerprint density at radius 2 is 2.11 bits per heavy atom. The lowest BCUT2D eigenvalue weighted by Gasteiger charge is -2.36. The van der Waals surface area contributed by atoms with E-state index >= 15 is 0 Å². The zero-order valence-electron chi connectivity index (χ0n) is 16.6. The Bertz CT molecular complexity index is 789. The monoisotopic (exact) mass is 373 g/mol. The molecule has 1 aromatic heterocycles. The first kappa shape index (κ1) is 18.7. The lowest BCUT2D eigenvalue weighted by atomic mass is 9.87. The predicted octanol–water partition coefficient (Wildman–Crippen LogP) is 2.69. The number of rotatable bonds is 5. The number of aliphatic hydroxyl groups is 1. The third kappa shape index (κ3) is 3.25. The van der Waals surface area contributed by atoms with Gasteiger partial charge in [0.05, 0.1) is 0 Å². The molecule has 3 unspecified atom stereocenters. The summed E-state index contributed by atoms with van der Waals surface area (Å²) in [6.07, 6.45) is 2.77. The van der Waals surface area contributed by atoms with Crippen LogP contribution in [0.3, 0.4) is 0 Å². The highest BCUT2D eigenvalue weighted by Crippen LogP contribution is 2.43. The number of H-pyrrole nitrogens is 1. The average molecular weight is 373 g/mol. The van der Waals surface area contributed by atoms with Crippen molar-refractivity contribution >= 4 is 10.9 Å². The van der Waals surface area contributed by atoms with Crippen LogP contribution in [0.25, 0.3) is 10.9 Å². The summed E-state index contributed by atoms with van der Waals surface area (Å²) >= 11 is 0.